The van der Waals surface area contributed by atoms with Crippen LogP contribution in [0.5, 0.6) is 0 Å². The van der Waals surface area contributed by atoms with E-state index in [9.17, 15) is 0 Å². The van der Waals surface area contributed by atoms with Crippen molar-refractivity contribution in [3.63, 3.8) is 0 Å². The van der Waals surface area contributed by atoms with Crippen LogP contribution in [0.25, 0.3) is 120 Å². The fourth-order valence-electron chi connectivity index (χ4n) is 8.68. The monoisotopic (exact) mass is 768 g/mol. The first-order valence-corrected chi connectivity index (χ1v) is 20.6. The van der Waals surface area contributed by atoms with Crippen molar-refractivity contribution in [2.75, 3.05) is 0 Å². The highest BCUT2D eigenvalue weighted by atomic mass is 32.1. The molecule has 12 aromatic rings. The Labute approximate surface area is 343 Å². The predicted octanol–water partition coefficient (Wildman–Crippen LogP) is 14.6. The van der Waals surface area contributed by atoms with Crippen molar-refractivity contribution in [3.05, 3.63) is 194 Å². The number of benzene rings is 9. The Morgan fingerprint density at radius 3 is 1.42 bits per heavy atom. The summed E-state index contributed by atoms with van der Waals surface area (Å²) < 4.78 is 2.49. The molecule has 0 aliphatic heterocycles. The van der Waals surface area contributed by atoms with Gasteiger partial charge in [-0.3, -0.25) is 0 Å². The molecule has 0 bridgehead atoms. The Morgan fingerprint density at radius 1 is 0.288 bits per heavy atom. The average Bonchev–Trinajstić information content (AvgIpc) is 3.72. The van der Waals surface area contributed by atoms with E-state index >= 15 is 0 Å². The Morgan fingerprint density at radius 2 is 0.763 bits per heavy atom. The second-order valence-electron chi connectivity index (χ2n) is 15.0. The summed E-state index contributed by atoms with van der Waals surface area (Å²) >= 11 is 1.84. The third kappa shape index (κ3) is 5.58. The summed E-state index contributed by atoms with van der Waals surface area (Å²) in [5.74, 6) is 1.93. The Balaban J connectivity index is 1.03. The molecule has 0 radical (unpaired) electrons. The van der Waals surface area contributed by atoms with Crippen molar-refractivity contribution in [1.82, 2.24) is 19.9 Å². The first-order chi connectivity index (χ1) is 29.2. The van der Waals surface area contributed by atoms with Crippen LogP contribution in [0.2, 0.25) is 0 Å². The Kier molecular flexibility index (Phi) is 7.68. The molecule has 3 heterocycles. The maximum atomic E-state index is 5.50. The van der Waals surface area contributed by atoms with Gasteiger partial charge in [0.05, 0.1) is 11.2 Å². The molecule has 3 aromatic heterocycles. The number of hydrogen-bond donors (Lipinski definition) is 0. The molecule has 9 aromatic carbocycles. The summed E-state index contributed by atoms with van der Waals surface area (Å²) in [6, 6.07) is 68.6. The van der Waals surface area contributed by atoms with Crippen molar-refractivity contribution in [2.45, 2.75) is 0 Å². The zero-order valence-electron chi connectivity index (χ0n) is 31.7. The topological polar surface area (TPSA) is 51.6 Å². The normalized spacial score (nSPS) is 11.7. The number of hydrogen-bond acceptors (Lipinski definition) is 5. The minimum absolute atomic E-state index is 0.634. The van der Waals surface area contributed by atoms with Gasteiger partial charge in [0, 0.05) is 47.8 Å². The second kappa shape index (κ2) is 13.5. The second-order valence-corrected chi connectivity index (χ2v) is 16.0. The summed E-state index contributed by atoms with van der Waals surface area (Å²) in [6.45, 7) is 0. The lowest BCUT2D eigenvalue weighted by atomic mass is 9.92. The van der Waals surface area contributed by atoms with Crippen molar-refractivity contribution in [3.8, 4) is 56.5 Å². The third-order valence-electron chi connectivity index (χ3n) is 11.5. The van der Waals surface area contributed by atoms with Crippen LogP contribution in [0.4, 0.5) is 0 Å². The van der Waals surface area contributed by atoms with Gasteiger partial charge in [-0.25, -0.2) is 19.9 Å². The van der Waals surface area contributed by atoms with Crippen molar-refractivity contribution >= 4 is 74.7 Å². The Bertz CT molecular complexity index is 3520. The summed E-state index contributed by atoms with van der Waals surface area (Å²) in [4.78, 5) is 20.4. The van der Waals surface area contributed by atoms with E-state index < -0.39 is 0 Å². The lowest BCUT2D eigenvalue weighted by Crippen LogP contribution is -2.00. The molecule has 0 aliphatic rings. The zero-order chi connectivity index (χ0) is 38.9. The van der Waals surface area contributed by atoms with Gasteiger partial charge in [0.2, 0.25) is 0 Å². The number of thiophene rings is 1. The Hall–Kier alpha value is -7.60. The van der Waals surface area contributed by atoms with Gasteiger partial charge in [0.15, 0.2) is 17.5 Å². The fourth-order valence-corrected chi connectivity index (χ4v) is 9.91. The van der Waals surface area contributed by atoms with Gasteiger partial charge in [0.1, 0.15) is 0 Å². The highest BCUT2D eigenvalue weighted by Gasteiger charge is 2.19. The minimum Gasteiger partial charge on any atom is -0.247 e. The molecule has 0 spiro atoms. The maximum absolute atomic E-state index is 5.50. The van der Waals surface area contributed by atoms with Gasteiger partial charge >= 0.3 is 0 Å². The number of rotatable bonds is 5. The highest BCUT2D eigenvalue weighted by molar-refractivity contribution is 7.26. The molecule has 0 saturated carbocycles. The van der Waals surface area contributed by atoms with E-state index in [4.69, 9.17) is 19.9 Å². The van der Waals surface area contributed by atoms with E-state index in [1.54, 1.807) is 0 Å². The van der Waals surface area contributed by atoms with Crippen LogP contribution in [-0.4, -0.2) is 19.9 Å². The zero-order valence-corrected chi connectivity index (χ0v) is 32.5. The number of pyridine rings is 1. The number of fused-ring (bicyclic) bond motifs is 11. The molecule has 274 valence electrons. The highest BCUT2D eigenvalue weighted by Crippen LogP contribution is 2.45. The molecule has 0 N–H and O–H groups in total. The van der Waals surface area contributed by atoms with Crippen LogP contribution in [0, 0.1) is 0 Å². The van der Waals surface area contributed by atoms with Crippen LogP contribution >= 0.6 is 11.3 Å². The van der Waals surface area contributed by atoms with Crippen molar-refractivity contribution in [1.29, 1.82) is 0 Å². The van der Waals surface area contributed by atoms with Crippen LogP contribution in [0.15, 0.2) is 194 Å². The van der Waals surface area contributed by atoms with E-state index in [0.717, 1.165) is 50.0 Å². The van der Waals surface area contributed by atoms with E-state index in [1.807, 2.05) is 72.0 Å². The first-order valence-electron chi connectivity index (χ1n) is 19.8. The maximum Gasteiger partial charge on any atom is 0.164 e. The van der Waals surface area contributed by atoms with Gasteiger partial charge < -0.3 is 0 Å². The molecule has 0 amide bonds. The van der Waals surface area contributed by atoms with Crippen LogP contribution < -0.4 is 0 Å². The van der Waals surface area contributed by atoms with Crippen LogP contribution in [-0.2, 0) is 0 Å². The van der Waals surface area contributed by atoms with E-state index in [-0.39, 0.29) is 0 Å². The molecule has 0 atom stereocenters. The molecule has 59 heavy (non-hydrogen) atoms. The van der Waals surface area contributed by atoms with Gasteiger partial charge in [-0.05, 0) is 73.8 Å². The molecular formula is C54H32N4S. The van der Waals surface area contributed by atoms with Crippen molar-refractivity contribution < 1.29 is 0 Å². The van der Waals surface area contributed by atoms with Gasteiger partial charge in [-0.2, -0.15) is 0 Å². The van der Waals surface area contributed by atoms with E-state index in [0.29, 0.717) is 17.5 Å². The summed E-state index contributed by atoms with van der Waals surface area (Å²) in [5, 5.41) is 11.1. The van der Waals surface area contributed by atoms with Gasteiger partial charge in [0.25, 0.3) is 0 Å². The molecule has 0 unspecified atom stereocenters. The molecule has 0 fully saturated rings. The molecule has 4 nitrogen and oxygen atoms in total. The van der Waals surface area contributed by atoms with Crippen LogP contribution in [0.3, 0.4) is 0 Å². The smallest absolute Gasteiger partial charge is 0.164 e. The number of nitrogens with zero attached hydrogens (tertiary/aromatic N) is 4. The van der Waals surface area contributed by atoms with Crippen LogP contribution in [0.1, 0.15) is 0 Å². The predicted molar refractivity (Wildman–Crippen MR) is 248 cm³/mol. The minimum atomic E-state index is 0.634. The lowest BCUT2D eigenvalue weighted by Gasteiger charge is -2.13. The molecule has 0 aliphatic carbocycles. The number of aromatic nitrogens is 4. The third-order valence-corrected chi connectivity index (χ3v) is 12.7. The van der Waals surface area contributed by atoms with Gasteiger partial charge in [-0.15, -0.1) is 11.3 Å². The molecule has 12 rings (SSSR count). The fraction of sp³-hybridized carbons (Fsp3) is 0. The van der Waals surface area contributed by atoms with Gasteiger partial charge in [-0.1, -0.05) is 164 Å². The molecule has 0 saturated heterocycles. The molecular weight excluding hydrogens is 737 g/mol. The standard InChI is InChI=1S/C54H32N4S/c1-3-14-33(15-4-1)52-56-53(34-16-5-2-6-17-34)58-54(57-52)38-19-13-18-35(30-38)36-27-29-47-46(31-36)51-49(44-24-11-12-25-48(44)59-51)50(55-47)37-26-28-43-41-22-8-7-20-39(41)40-21-9-10-23-42(40)45(43)32-37/h1-32H. The molecule has 5 heteroatoms. The summed E-state index contributed by atoms with van der Waals surface area (Å²) in [7, 11) is 0. The van der Waals surface area contributed by atoms with E-state index in [1.165, 1.54) is 52.5 Å². The summed E-state index contributed by atoms with van der Waals surface area (Å²) in [6.07, 6.45) is 0. The van der Waals surface area contributed by atoms with E-state index in [2.05, 4.69) is 133 Å². The average molecular weight is 769 g/mol. The quantitative estimate of drug-likeness (QED) is 0.164. The van der Waals surface area contributed by atoms with Crippen molar-refractivity contribution in [2.24, 2.45) is 0 Å². The largest absolute Gasteiger partial charge is 0.247 e. The summed E-state index contributed by atoms with van der Waals surface area (Å²) in [5.41, 5.74) is 8.12. The lowest BCUT2D eigenvalue weighted by molar-refractivity contribution is 1.07. The SMILES string of the molecule is c1ccc(-c2nc(-c3ccccc3)nc(-c3cccc(-c4ccc5nc(-c6ccc7c8ccccc8c8ccccc8c7c6)c6c7ccccc7sc6c5c4)c3)n2)cc1. The first kappa shape index (κ1) is 33.5.